The van der Waals surface area contributed by atoms with Crippen molar-refractivity contribution in [3.8, 4) is 0 Å². The Kier molecular flexibility index (Phi) is 5.49. The molecule has 4 heteroatoms. The van der Waals surface area contributed by atoms with Crippen molar-refractivity contribution in [2.45, 2.75) is 44.6 Å². The van der Waals surface area contributed by atoms with Crippen LogP contribution >= 0.6 is 11.8 Å². The van der Waals surface area contributed by atoms with Gasteiger partial charge in [0.05, 0.1) is 0 Å². The van der Waals surface area contributed by atoms with Gasteiger partial charge in [-0.1, -0.05) is 25.5 Å². The standard InChI is InChI=1S/C16H23NO2S/c1-2-3-4-13-5-7-14(8-6-13)17-15(18)16(19)9-11-20-12-10-16/h5-8,19H,2-4,9-12H2,1H3,(H,17,18). The number of hydrogen-bond acceptors (Lipinski definition) is 3. The van der Waals surface area contributed by atoms with Crippen LogP contribution in [-0.4, -0.2) is 28.1 Å². The van der Waals surface area contributed by atoms with Crippen LogP contribution in [0.3, 0.4) is 0 Å². The molecule has 110 valence electrons. The highest BCUT2D eigenvalue weighted by Gasteiger charge is 2.37. The topological polar surface area (TPSA) is 49.3 Å². The first-order valence-corrected chi connectivity index (χ1v) is 8.50. The van der Waals surface area contributed by atoms with Gasteiger partial charge < -0.3 is 10.4 Å². The van der Waals surface area contributed by atoms with Crippen molar-refractivity contribution in [1.82, 2.24) is 0 Å². The van der Waals surface area contributed by atoms with E-state index < -0.39 is 5.60 Å². The van der Waals surface area contributed by atoms with Crippen LogP contribution in [0.5, 0.6) is 0 Å². The van der Waals surface area contributed by atoms with Gasteiger partial charge in [-0.25, -0.2) is 0 Å². The molecule has 0 aliphatic carbocycles. The molecule has 1 fully saturated rings. The molecule has 1 aliphatic heterocycles. The summed E-state index contributed by atoms with van der Waals surface area (Å²) in [6.07, 6.45) is 4.52. The Morgan fingerprint density at radius 3 is 2.55 bits per heavy atom. The van der Waals surface area contributed by atoms with Gasteiger partial charge in [-0.15, -0.1) is 0 Å². The summed E-state index contributed by atoms with van der Waals surface area (Å²) in [5.41, 5.74) is 0.867. The second-order valence-corrected chi connectivity index (χ2v) is 6.62. The van der Waals surface area contributed by atoms with Gasteiger partial charge in [-0.2, -0.15) is 11.8 Å². The van der Waals surface area contributed by atoms with Crippen LogP contribution in [0.4, 0.5) is 5.69 Å². The quantitative estimate of drug-likeness (QED) is 0.876. The monoisotopic (exact) mass is 293 g/mol. The minimum Gasteiger partial charge on any atom is -0.380 e. The summed E-state index contributed by atoms with van der Waals surface area (Å²) >= 11 is 1.79. The predicted octanol–water partition coefficient (Wildman–Crippen LogP) is 3.23. The zero-order valence-corrected chi connectivity index (χ0v) is 12.8. The van der Waals surface area contributed by atoms with Crippen molar-refractivity contribution in [2.75, 3.05) is 16.8 Å². The summed E-state index contributed by atoms with van der Waals surface area (Å²) in [7, 11) is 0. The fourth-order valence-electron chi connectivity index (χ4n) is 2.32. The third-order valence-corrected chi connectivity index (χ3v) is 4.76. The first-order valence-electron chi connectivity index (χ1n) is 7.34. The minimum atomic E-state index is -1.19. The summed E-state index contributed by atoms with van der Waals surface area (Å²) < 4.78 is 0. The van der Waals surface area contributed by atoms with Gasteiger partial charge in [-0.3, -0.25) is 4.79 Å². The molecule has 0 unspecified atom stereocenters. The number of thioether (sulfide) groups is 1. The Morgan fingerprint density at radius 1 is 1.30 bits per heavy atom. The third-order valence-electron chi connectivity index (χ3n) is 3.77. The number of carbonyl (C=O) groups excluding carboxylic acids is 1. The third kappa shape index (κ3) is 4.00. The molecule has 0 aromatic heterocycles. The molecule has 1 aromatic carbocycles. The average molecular weight is 293 g/mol. The van der Waals surface area contributed by atoms with Crippen LogP contribution in [0.2, 0.25) is 0 Å². The summed E-state index contributed by atoms with van der Waals surface area (Å²) in [5.74, 6) is 1.43. The Hall–Kier alpha value is -1.00. The molecule has 2 N–H and O–H groups in total. The van der Waals surface area contributed by atoms with Crippen molar-refractivity contribution in [3.63, 3.8) is 0 Å². The number of rotatable bonds is 5. The Balaban J connectivity index is 1.93. The largest absolute Gasteiger partial charge is 0.380 e. The molecular weight excluding hydrogens is 270 g/mol. The maximum Gasteiger partial charge on any atom is 0.256 e. The lowest BCUT2D eigenvalue weighted by atomic mass is 9.95. The maximum atomic E-state index is 12.2. The number of hydrogen-bond donors (Lipinski definition) is 2. The van der Waals surface area contributed by atoms with Gasteiger partial charge in [-0.05, 0) is 54.9 Å². The van der Waals surface area contributed by atoms with E-state index in [0.29, 0.717) is 12.8 Å². The number of benzene rings is 1. The first-order chi connectivity index (χ1) is 9.64. The smallest absolute Gasteiger partial charge is 0.256 e. The van der Waals surface area contributed by atoms with Crippen molar-refractivity contribution >= 4 is 23.4 Å². The van der Waals surface area contributed by atoms with Crippen LogP contribution in [-0.2, 0) is 11.2 Å². The fourth-order valence-corrected chi connectivity index (χ4v) is 3.49. The van der Waals surface area contributed by atoms with E-state index in [1.807, 2.05) is 24.3 Å². The predicted molar refractivity (Wildman–Crippen MR) is 85.2 cm³/mol. The molecule has 3 nitrogen and oxygen atoms in total. The molecule has 0 saturated carbocycles. The summed E-state index contributed by atoms with van der Waals surface area (Å²) in [5, 5.41) is 13.2. The molecule has 1 saturated heterocycles. The molecule has 1 amide bonds. The number of unbranched alkanes of at least 4 members (excludes halogenated alkanes) is 1. The van der Waals surface area contributed by atoms with E-state index in [-0.39, 0.29) is 5.91 Å². The fraction of sp³-hybridized carbons (Fsp3) is 0.562. The zero-order valence-electron chi connectivity index (χ0n) is 12.0. The lowest BCUT2D eigenvalue weighted by Crippen LogP contribution is -2.45. The number of amides is 1. The molecule has 1 heterocycles. The second kappa shape index (κ2) is 7.14. The van der Waals surface area contributed by atoms with E-state index in [1.54, 1.807) is 11.8 Å². The number of aryl methyl sites for hydroxylation is 1. The van der Waals surface area contributed by atoms with Gasteiger partial charge in [0.15, 0.2) is 0 Å². The molecule has 2 rings (SSSR count). The number of nitrogens with one attached hydrogen (secondary N) is 1. The minimum absolute atomic E-state index is 0.265. The Morgan fingerprint density at radius 2 is 1.95 bits per heavy atom. The zero-order chi connectivity index (χ0) is 14.4. The van der Waals surface area contributed by atoms with E-state index in [9.17, 15) is 9.90 Å². The molecule has 1 aliphatic rings. The number of anilines is 1. The summed E-state index contributed by atoms with van der Waals surface area (Å²) in [6, 6.07) is 7.94. The van der Waals surface area contributed by atoms with Crippen LogP contribution in [0.25, 0.3) is 0 Å². The van der Waals surface area contributed by atoms with Crippen molar-refractivity contribution in [3.05, 3.63) is 29.8 Å². The highest BCUT2D eigenvalue weighted by atomic mass is 32.2. The Labute approximate surface area is 125 Å². The van der Waals surface area contributed by atoms with Gasteiger partial charge >= 0.3 is 0 Å². The van der Waals surface area contributed by atoms with Crippen LogP contribution in [0, 0.1) is 0 Å². The van der Waals surface area contributed by atoms with Gasteiger partial charge in [0, 0.05) is 5.69 Å². The second-order valence-electron chi connectivity index (χ2n) is 5.40. The lowest BCUT2D eigenvalue weighted by molar-refractivity contribution is -0.134. The first kappa shape index (κ1) is 15.4. The molecule has 20 heavy (non-hydrogen) atoms. The van der Waals surface area contributed by atoms with Crippen LogP contribution in [0.15, 0.2) is 24.3 Å². The van der Waals surface area contributed by atoms with Crippen molar-refractivity contribution < 1.29 is 9.90 Å². The normalized spacial score (nSPS) is 17.7. The van der Waals surface area contributed by atoms with E-state index >= 15 is 0 Å². The highest BCUT2D eigenvalue weighted by molar-refractivity contribution is 7.99. The molecule has 0 spiro atoms. The van der Waals surface area contributed by atoms with Gasteiger partial charge in [0.2, 0.25) is 0 Å². The van der Waals surface area contributed by atoms with Crippen LogP contribution in [0.1, 0.15) is 38.2 Å². The lowest BCUT2D eigenvalue weighted by Gasteiger charge is -2.30. The highest BCUT2D eigenvalue weighted by Crippen LogP contribution is 2.28. The molecular formula is C16H23NO2S. The maximum absolute atomic E-state index is 12.2. The van der Waals surface area contributed by atoms with Gasteiger partial charge in [0.1, 0.15) is 5.60 Å². The molecule has 0 radical (unpaired) electrons. The summed E-state index contributed by atoms with van der Waals surface area (Å²) in [6.45, 7) is 2.18. The average Bonchev–Trinajstić information content (AvgIpc) is 2.47. The molecule has 0 atom stereocenters. The van der Waals surface area contributed by atoms with E-state index in [1.165, 1.54) is 18.4 Å². The molecule has 0 bridgehead atoms. The number of aliphatic hydroxyl groups is 1. The van der Waals surface area contributed by atoms with Crippen molar-refractivity contribution in [1.29, 1.82) is 0 Å². The SMILES string of the molecule is CCCCc1ccc(NC(=O)C2(O)CCSCC2)cc1. The van der Waals surface area contributed by atoms with Crippen LogP contribution < -0.4 is 5.32 Å². The number of carbonyl (C=O) groups is 1. The van der Waals surface area contributed by atoms with E-state index in [2.05, 4.69) is 12.2 Å². The molecule has 1 aromatic rings. The van der Waals surface area contributed by atoms with Gasteiger partial charge in [0.25, 0.3) is 5.91 Å². The van der Waals surface area contributed by atoms with E-state index in [4.69, 9.17) is 0 Å². The van der Waals surface area contributed by atoms with Crippen molar-refractivity contribution in [2.24, 2.45) is 0 Å². The Bertz CT molecular complexity index is 438. The summed E-state index contributed by atoms with van der Waals surface area (Å²) in [4.78, 5) is 12.2. The van der Waals surface area contributed by atoms with E-state index in [0.717, 1.165) is 23.6 Å².